The predicted molar refractivity (Wildman–Crippen MR) is 41.4 cm³/mol. The summed E-state index contributed by atoms with van der Waals surface area (Å²) in [6.07, 6.45) is 9.51. The van der Waals surface area contributed by atoms with Gasteiger partial charge in [-0.1, -0.05) is 17.3 Å². The Morgan fingerprint density at radius 1 is 1.20 bits per heavy atom. The molecular formula is C8H13NO. The summed E-state index contributed by atoms with van der Waals surface area (Å²) in [5.74, 6) is 0. The van der Waals surface area contributed by atoms with Crippen LogP contribution in [0.5, 0.6) is 0 Å². The molecule has 0 bridgehead atoms. The molecule has 0 amide bonds. The van der Waals surface area contributed by atoms with Crippen molar-refractivity contribution in [3.63, 3.8) is 0 Å². The molecule has 2 nitrogen and oxygen atoms in total. The summed E-state index contributed by atoms with van der Waals surface area (Å²) in [6, 6.07) is 0. The van der Waals surface area contributed by atoms with Crippen LogP contribution < -0.4 is 0 Å². The molecule has 0 atom stereocenters. The third-order valence-corrected chi connectivity index (χ3v) is 1.74. The zero-order valence-corrected chi connectivity index (χ0v) is 6.08. The second-order valence-electron chi connectivity index (χ2n) is 2.57. The van der Waals surface area contributed by atoms with E-state index in [1.807, 2.05) is 0 Å². The fraction of sp³-hybridized carbons (Fsp3) is 0.625. The van der Waals surface area contributed by atoms with E-state index in [1.54, 1.807) is 0 Å². The number of hydrogen-bond donors (Lipinski definition) is 1. The standard InChI is InChI=1S/C8H13NO/c10-9-8-6-4-2-1-3-5-7-8/h1-2,10H,3-7H2/b2-1-,9-8?. The van der Waals surface area contributed by atoms with Crippen LogP contribution in [0.3, 0.4) is 0 Å². The molecule has 1 aliphatic carbocycles. The molecule has 0 aromatic rings. The van der Waals surface area contributed by atoms with E-state index >= 15 is 0 Å². The fourth-order valence-corrected chi connectivity index (χ4v) is 1.13. The van der Waals surface area contributed by atoms with Gasteiger partial charge in [0.15, 0.2) is 0 Å². The first-order valence-corrected chi connectivity index (χ1v) is 3.78. The van der Waals surface area contributed by atoms with Crippen LogP contribution in [0.15, 0.2) is 17.3 Å². The normalized spacial score (nSPS) is 27.4. The van der Waals surface area contributed by atoms with Crippen molar-refractivity contribution in [2.45, 2.75) is 32.1 Å². The highest BCUT2D eigenvalue weighted by Crippen LogP contribution is 2.08. The molecule has 10 heavy (non-hydrogen) atoms. The minimum atomic E-state index is 0.924. The van der Waals surface area contributed by atoms with Gasteiger partial charge in [-0.2, -0.15) is 0 Å². The maximum Gasteiger partial charge on any atom is 0.0574 e. The highest BCUT2D eigenvalue weighted by Gasteiger charge is 2.00. The van der Waals surface area contributed by atoms with Gasteiger partial charge in [-0.05, 0) is 32.1 Å². The van der Waals surface area contributed by atoms with Gasteiger partial charge in [-0.15, -0.1) is 0 Å². The lowest BCUT2D eigenvalue weighted by molar-refractivity contribution is 0.316. The van der Waals surface area contributed by atoms with Crippen molar-refractivity contribution in [3.05, 3.63) is 12.2 Å². The molecule has 2 heteroatoms. The summed E-state index contributed by atoms with van der Waals surface area (Å²) in [7, 11) is 0. The Labute approximate surface area is 61.2 Å². The molecule has 1 aliphatic rings. The van der Waals surface area contributed by atoms with Crippen molar-refractivity contribution in [1.29, 1.82) is 0 Å². The summed E-state index contributed by atoms with van der Waals surface area (Å²) >= 11 is 0. The maximum absolute atomic E-state index is 8.47. The SMILES string of the molecule is ON=C1CC/C=C\CCC1. The molecule has 0 fully saturated rings. The Morgan fingerprint density at radius 2 is 2.00 bits per heavy atom. The first kappa shape index (κ1) is 7.32. The molecular weight excluding hydrogens is 126 g/mol. The van der Waals surface area contributed by atoms with Crippen LogP contribution in [0.2, 0.25) is 0 Å². The highest BCUT2D eigenvalue weighted by molar-refractivity contribution is 5.84. The quantitative estimate of drug-likeness (QED) is 0.312. The molecule has 0 aliphatic heterocycles. The minimum Gasteiger partial charge on any atom is -0.411 e. The van der Waals surface area contributed by atoms with Crippen molar-refractivity contribution >= 4 is 5.71 Å². The first-order chi connectivity index (χ1) is 4.93. The Kier molecular flexibility index (Phi) is 3.00. The van der Waals surface area contributed by atoms with Gasteiger partial charge in [0.2, 0.25) is 0 Å². The predicted octanol–water partition coefficient (Wildman–Crippen LogP) is 2.34. The summed E-state index contributed by atoms with van der Waals surface area (Å²) in [4.78, 5) is 0. The fourth-order valence-electron chi connectivity index (χ4n) is 1.13. The zero-order chi connectivity index (χ0) is 7.23. The van der Waals surface area contributed by atoms with Gasteiger partial charge < -0.3 is 5.21 Å². The van der Waals surface area contributed by atoms with Crippen LogP contribution in [0.25, 0.3) is 0 Å². The molecule has 0 spiro atoms. The van der Waals surface area contributed by atoms with Gasteiger partial charge in [0.25, 0.3) is 0 Å². The van der Waals surface area contributed by atoms with Crippen molar-refractivity contribution < 1.29 is 5.21 Å². The van der Waals surface area contributed by atoms with Crippen LogP contribution in [0, 0.1) is 0 Å². The molecule has 1 rings (SSSR count). The Hall–Kier alpha value is -0.790. The molecule has 56 valence electrons. The molecule has 0 aromatic heterocycles. The first-order valence-electron chi connectivity index (χ1n) is 3.78. The van der Waals surface area contributed by atoms with Crippen LogP contribution in [0.4, 0.5) is 0 Å². The van der Waals surface area contributed by atoms with Gasteiger partial charge in [0.1, 0.15) is 0 Å². The Bertz CT molecular complexity index is 149. The largest absolute Gasteiger partial charge is 0.411 e. The molecule has 0 saturated heterocycles. The lowest BCUT2D eigenvalue weighted by Gasteiger charge is -2.03. The van der Waals surface area contributed by atoms with E-state index in [0.717, 1.165) is 37.8 Å². The van der Waals surface area contributed by atoms with Crippen LogP contribution in [0.1, 0.15) is 32.1 Å². The molecule has 0 aromatic carbocycles. The molecule has 0 heterocycles. The Balaban J connectivity index is 2.42. The number of oxime groups is 1. The van der Waals surface area contributed by atoms with Crippen LogP contribution in [-0.4, -0.2) is 10.9 Å². The number of nitrogens with zero attached hydrogens (tertiary/aromatic N) is 1. The van der Waals surface area contributed by atoms with Crippen molar-refractivity contribution in [2.24, 2.45) is 5.16 Å². The summed E-state index contributed by atoms with van der Waals surface area (Å²) in [5, 5.41) is 11.7. The topological polar surface area (TPSA) is 32.6 Å². The average molecular weight is 139 g/mol. The van der Waals surface area contributed by atoms with Gasteiger partial charge in [0, 0.05) is 0 Å². The van der Waals surface area contributed by atoms with Gasteiger partial charge in [-0.25, -0.2) is 0 Å². The van der Waals surface area contributed by atoms with E-state index in [0.29, 0.717) is 0 Å². The minimum absolute atomic E-state index is 0.924. The molecule has 0 radical (unpaired) electrons. The van der Waals surface area contributed by atoms with E-state index < -0.39 is 0 Å². The average Bonchev–Trinajstić information content (AvgIpc) is 1.87. The second kappa shape index (κ2) is 4.09. The van der Waals surface area contributed by atoms with Gasteiger partial charge in [-0.3, -0.25) is 0 Å². The number of hydrogen-bond acceptors (Lipinski definition) is 2. The third kappa shape index (κ3) is 2.21. The lowest BCUT2D eigenvalue weighted by atomic mass is 10.0. The summed E-state index contributed by atoms with van der Waals surface area (Å²) < 4.78 is 0. The van der Waals surface area contributed by atoms with E-state index in [1.165, 1.54) is 0 Å². The van der Waals surface area contributed by atoms with Gasteiger partial charge >= 0.3 is 0 Å². The van der Waals surface area contributed by atoms with Crippen LogP contribution >= 0.6 is 0 Å². The monoisotopic (exact) mass is 139 g/mol. The Morgan fingerprint density at radius 3 is 2.80 bits per heavy atom. The smallest absolute Gasteiger partial charge is 0.0574 e. The van der Waals surface area contributed by atoms with Crippen LogP contribution in [-0.2, 0) is 0 Å². The second-order valence-corrected chi connectivity index (χ2v) is 2.57. The molecule has 0 unspecified atom stereocenters. The number of allylic oxidation sites excluding steroid dienone is 2. The molecule has 1 N–H and O–H groups in total. The van der Waals surface area contributed by atoms with E-state index in [2.05, 4.69) is 17.3 Å². The third-order valence-electron chi connectivity index (χ3n) is 1.74. The summed E-state index contributed by atoms with van der Waals surface area (Å²) in [5.41, 5.74) is 0.948. The van der Waals surface area contributed by atoms with Crippen molar-refractivity contribution in [3.8, 4) is 0 Å². The van der Waals surface area contributed by atoms with E-state index in [9.17, 15) is 0 Å². The highest BCUT2D eigenvalue weighted by atomic mass is 16.4. The number of rotatable bonds is 0. The lowest BCUT2D eigenvalue weighted by Crippen LogP contribution is -1.99. The summed E-state index contributed by atoms with van der Waals surface area (Å²) in [6.45, 7) is 0. The maximum atomic E-state index is 8.47. The zero-order valence-electron chi connectivity index (χ0n) is 6.08. The van der Waals surface area contributed by atoms with Crippen molar-refractivity contribution in [2.75, 3.05) is 0 Å². The molecule has 0 saturated carbocycles. The van der Waals surface area contributed by atoms with Gasteiger partial charge in [0.05, 0.1) is 5.71 Å². The van der Waals surface area contributed by atoms with E-state index in [4.69, 9.17) is 5.21 Å². The van der Waals surface area contributed by atoms with Crippen molar-refractivity contribution in [1.82, 2.24) is 0 Å². The van der Waals surface area contributed by atoms with E-state index in [-0.39, 0.29) is 0 Å².